The van der Waals surface area contributed by atoms with Crippen molar-refractivity contribution in [2.24, 2.45) is 0 Å². The molecule has 0 amide bonds. The predicted molar refractivity (Wildman–Crippen MR) is 41.5 cm³/mol. The van der Waals surface area contributed by atoms with Crippen LogP contribution in [0.4, 0.5) is 0 Å². The molecule has 0 aliphatic rings. The van der Waals surface area contributed by atoms with Crippen molar-refractivity contribution in [3.05, 3.63) is 35.9 Å². The van der Waals surface area contributed by atoms with Gasteiger partial charge in [0.15, 0.2) is 0 Å². The molecular formula is C9H13Na. The van der Waals surface area contributed by atoms with E-state index in [1.54, 1.807) is 0 Å². The molecule has 0 heterocycles. The van der Waals surface area contributed by atoms with E-state index in [-0.39, 0.29) is 31.0 Å². The molecule has 0 bridgehead atoms. The molecule has 0 saturated carbocycles. The fourth-order valence-corrected chi connectivity index (χ4v) is 0.933. The molecule has 0 unspecified atom stereocenters. The molecule has 0 atom stereocenters. The second-order valence-corrected chi connectivity index (χ2v) is 2.24. The van der Waals surface area contributed by atoms with Gasteiger partial charge in [-0.05, 0) is 12.0 Å². The Morgan fingerprint density at radius 1 is 1.20 bits per heavy atom. The van der Waals surface area contributed by atoms with Crippen molar-refractivity contribution in [2.45, 2.75) is 19.8 Å². The van der Waals surface area contributed by atoms with Crippen molar-refractivity contribution in [2.75, 3.05) is 0 Å². The second-order valence-electron chi connectivity index (χ2n) is 2.24. The van der Waals surface area contributed by atoms with E-state index in [2.05, 4.69) is 37.3 Å². The van der Waals surface area contributed by atoms with Crippen molar-refractivity contribution in [1.82, 2.24) is 0 Å². The molecule has 0 spiro atoms. The zero-order chi connectivity index (χ0) is 6.53. The molecular weight excluding hydrogens is 131 g/mol. The van der Waals surface area contributed by atoms with Crippen molar-refractivity contribution >= 4 is 0 Å². The van der Waals surface area contributed by atoms with Crippen LogP contribution in [0.5, 0.6) is 0 Å². The summed E-state index contributed by atoms with van der Waals surface area (Å²) in [6.07, 6.45) is 2.45. The summed E-state index contributed by atoms with van der Waals surface area (Å²) < 4.78 is 0. The zero-order valence-electron chi connectivity index (χ0n) is 7.80. The molecule has 1 aromatic carbocycles. The van der Waals surface area contributed by atoms with E-state index in [9.17, 15) is 0 Å². The van der Waals surface area contributed by atoms with E-state index in [1.807, 2.05) is 0 Å². The Hall–Kier alpha value is 0.220. The fraction of sp³-hybridized carbons (Fsp3) is 0.333. The van der Waals surface area contributed by atoms with E-state index < -0.39 is 0 Å². The molecule has 50 valence electrons. The monoisotopic (exact) mass is 144 g/mol. The first-order valence-corrected chi connectivity index (χ1v) is 3.47. The average molecular weight is 144 g/mol. The number of rotatable bonds is 2. The summed E-state index contributed by atoms with van der Waals surface area (Å²) in [4.78, 5) is 0. The molecule has 0 N–H and O–H groups in total. The Bertz CT molecular complexity index is 162. The van der Waals surface area contributed by atoms with Gasteiger partial charge in [0, 0.05) is 0 Å². The van der Waals surface area contributed by atoms with Crippen molar-refractivity contribution in [3.63, 3.8) is 0 Å². The first-order valence-electron chi connectivity index (χ1n) is 3.47. The van der Waals surface area contributed by atoms with Gasteiger partial charge >= 0.3 is 29.6 Å². The summed E-state index contributed by atoms with van der Waals surface area (Å²) in [6, 6.07) is 10.6. The third-order valence-electron chi connectivity index (χ3n) is 1.38. The van der Waals surface area contributed by atoms with Crippen LogP contribution >= 0.6 is 0 Å². The molecule has 0 aliphatic carbocycles. The minimum absolute atomic E-state index is 0. The molecule has 0 aromatic heterocycles. The van der Waals surface area contributed by atoms with Crippen molar-refractivity contribution in [1.29, 1.82) is 0 Å². The molecule has 1 heteroatoms. The first kappa shape index (κ1) is 10.2. The Balaban J connectivity index is 0. The van der Waals surface area contributed by atoms with Crippen LogP contribution in [0.2, 0.25) is 0 Å². The van der Waals surface area contributed by atoms with Crippen LogP contribution in [-0.4, -0.2) is 0 Å². The maximum Gasteiger partial charge on any atom is 1.00 e. The Kier molecular flexibility index (Phi) is 6.10. The standard InChI is InChI=1S/C9H12.Na.H/c1-2-6-9-7-4-3-5-8-9;;/h3-5,7-8H,2,6H2,1H3;;/q;+1;-1. The SMILES string of the molecule is CCCc1ccccc1.[H-].[Na+]. The van der Waals surface area contributed by atoms with Crippen molar-refractivity contribution < 1.29 is 31.0 Å². The van der Waals surface area contributed by atoms with Crippen LogP contribution in [0.25, 0.3) is 0 Å². The van der Waals surface area contributed by atoms with Crippen LogP contribution in [0.1, 0.15) is 20.3 Å². The van der Waals surface area contributed by atoms with Gasteiger partial charge in [0.25, 0.3) is 0 Å². The zero-order valence-corrected chi connectivity index (χ0v) is 8.80. The molecule has 0 saturated heterocycles. The van der Waals surface area contributed by atoms with Gasteiger partial charge < -0.3 is 1.43 Å². The topological polar surface area (TPSA) is 0 Å². The van der Waals surface area contributed by atoms with Gasteiger partial charge in [-0.15, -0.1) is 0 Å². The Morgan fingerprint density at radius 3 is 2.30 bits per heavy atom. The summed E-state index contributed by atoms with van der Waals surface area (Å²) in [5.74, 6) is 0. The largest absolute Gasteiger partial charge is 1.00 e. The van der Waals surface area contributed by atoms with Gasteiger partial charge in [-0.25, -0.2) is 0 Å². The van der Waals surface area contributed by atoms with Crippen molar-refractivity contribution in [3.8, 4) is 0 Å². The van der Waals surface area contributed by atoms with Crippen LogP contribution in [0.15, 0.2) is 30.3 Å². The van der Waals surface area contributed by atoms with Crippen LogP contribution in [0, 0.1) is 0 Å². The normalized spacial score (nSPS) is 8.50. The van der Waals surface area contributed by atoms with Crippen LogP contribution in [0.3, 0.4) is 0 Å². The van der Waals surface area contributed by atoms with Crippen LogP contribution < -0.4 is 29.6 Å². The minimum atomic E-state index is 0. The third kappa shape index (κ3) is 3.40. The third-order valence-corrected chi connectivity index (χ3v) is 1.38. The Morgan fingerprint density at radius 2 is 1.80 bits per heavy atom. The minimum Gasteiger partial charge on any atom is -1.00 e. The summed E-state index contributed by atoms with van der Waals surface area (Å²) in [6.45, 7) is 2.20. The molecule has 0 fully saturated rings. The fourth-order valence-electron chi connectivity index (χ4n) is 0.933. The van der Waals surface area contributed by atoms with Gasteiger partial charge in [0.2, 0.25) is 0 Å². The number of benzene rings is 1. The molecule has 0 radical (unpaired) electrons. The van der Waals surface area contributed by atoms with E-state index in [0.29, 0.717) is 0 Å². The summed E-state index contributed by atoms with van der Waals surface area (Å²) in [7, 11) is 0. The van der Waals surface area contributed by atoms with E-state index in [1.165, 1.54) is 18.4 Å². The van der Waals surface area contributed by atoms with Gasteiger partial charge in [-0.2, -0.15) is 0 Å². The van der Waals surface area contributed by atoms with E-state index >= 15 is 0 Å². The summed E-state index contributed by atoms with van der Waals surface area (Å²) >= 11 is 0. The first-order chi connectivity index (χ1) is 4.43. The molecule has 1 rings (SSSR count). The molecule has 0 nitrogen and oxygen atoms in total. The molecule has 0 aliphatic heterocycles. The quantitative estimate of drug-likeness (QED) is 0.502. The van der Waals surface area contributed by atoms with Crippen LogP contribution in [-0.2, 0) is 6.42 Å². The molecule has 10 heavy (non-hydrogen) atoms. The van der Waals surface area contributed by atoms with E-state index in [0.717, 1.165) is 0 Å². The number of aryl methyl sites for hydroxylation is 1. The number of hydrogen-bond acceptors (Lipinski definition) is 0. The maximum atomic E-state index is 2.20. The smallest absolute Gasteiger partial charge is 1.00 e. The molecule has 1 aromatic rings. The summed E-state index contributed by atoms with van der Waals surface area (Å²) in [5.41, 5.74) is 1.44. The maximum absolute atomic E-state index is 2.20. The van der Waals surface area contributed by atoms with Gasteiger partial charge in [-0.1, -0.05) is 43.7 Å². The summed E-state index contributed by atoms with van der Waals surface area (Å²) in [5, 5.41) is 0. The van der Waals surface area contributed by atoms with E-state index in [4.69, 9.17) is 0 Å². The Labute approximate surface area is 86.4 Å². The average Bonchev–Trinajstić information content (AvgIpc) is 1.91. The predicted octanol–water partition coefficient (Wildman–Crippen LogP) is -0.244. The van der Waals surface area contributed by atoms with Gasteiger partial charge in [0.05, 0.1) is 0 Å². The number of hydrogen-bond donors (Lipinski definition) is 0. The second kappa shape index (κ2) is 5.96. The van der Waals surface area contributed by atoms with Gasteiger partial charge in [0.1, 0.15) is 0 Å². The van der Waals surface area contributed by atoms with Gasteiger partial charge in [-0.3, -0.25) is 0 Å².